The fraction of sp³-hybridized carbons (Fsp3) is 0.571. The van der Waals surface area contributed by atoms with Crippen molar-refractivity contribution in [1.29, 1.82) is 0 Å². The van der Waals surface area contributed by atoms with Gasteiger partial charge in [-0.2, -0.15) is 0 Å². The Bertz CT molecular complexity index is 521. The third-order valence-corrected chi connectivity index (χ3v) is 4.80. The highest BCUT2D eigenvalue weighted by Crippen LogP contribution is 2.32. The van der Waals surface area contributed by atoms with Gasteiger partial charge in [-0.3, -0.25) is 0 Å². The summed E-state index contributed by atoms with van der Waals surface area (Å²) >= 11 is 1.79. The Balaban J connectivity index is 2.51. The lowest BCUT2D eigenvalue weighted by molar-refractivity contribution is 0.477. The van der Waals surface area contributed by atoms with Crippen molar-refractivity contribution >= 4 is 21.6 Å². The number of aryl methyl sites for hydroxylation is 1. The zero-order valence-corrected chi connectivity index (χ0v) is 12.3. The molecule has 0 aliphatic carbocycles. The van der Waals surface area contributed by atoms with Crippen molar-refractivity contribution in [3.63, 3.8) is 0 Å². The van der Waals surface area contributed by atoms with Crippen LogP contribution in [0.3, 0.4) is 0 Å². The van der Waals surface area contributed by atoms with Gasteiger partial charge in [0.2, 0.25) is 0 Å². The lowest BCUT2D eigenvalue weighted by atomic mass is 9.92. The van der Waals surface area contributed by atoms with E-state index in [1.54, 1.807) is 17.7 Å². The highest BCUT2D eigenvalue weighted by atomic mass is 32.1. The molecule has 18 heavy (non-hydrogen) atoms. The van der Waals surface area contributed by atoms with Crippen molar-refractivity contribution < 1.29 is 0 Å². The number of rotatable bonds is 5. The van der Waals surface area contributed by atoms with E-state index >= 15 is 0 Å². The number of nitrogens with one attached hydrogen (secondary N) is 1. The number of thiophene rings is 1. The van der Waals surface area contributed by atoms with Crippen LogP contribution in [0.4, 0.5) is 0 Å². The summed E-state index contributed by atoms with van der Waals surface area (Å²) in [6.07, 6.45) is 3.86. The van der Waals surface area contributed by atoms with Crippen molar-refractivity contribution in [2.75, 3.05) is 7.05 Å². The molecular formula is C14H21N3S. The Morgan fingerprint density at radius 1 is 1.33 bits per heavy atom. The van der Waals surface area contributed by atoms with Crippen molar-refractivity contribution in [3.05, 3.63) is 23.0 Å². The molecule has 2 atom stereocenters. The van der Waals surface area contributed by atoms with E-state index in [9.17, 15) is 0 Å². The summed E-state index contributed by atoms with van der Waals surface area (Å²) in [5.74, 6) is 0.444. The summed E-state index contributed by atoms with van der Waals surface area (Å²) in [7, 11) is 2.01. The third kappa shape index (κ3) is 2.40. The van der Waals surface area contributed by atoms with Crippen LogP contribution in [0.5, 0.6) is 0 Å². The second-order valence-electron chi connectivity index (χ2n) is 4.64. The number of hydrogen-bond donors (Lipinski definition) is 1. The lowest BCUT2D eigenvalue weighted by Gasteiger charge is -2.22. The smallest absolute Gasteiger partial charge is 0.127 e. The van der Waals surface area contributed by atoms with E-state index in [-0.39, 0.29) is 0 Å². The topological polar surface area (TPSA) is 37.8 Å². The standard InChI is InChI=1S/C14H21N3S/c1-5-10-7-12-13(11(6-2)9(3)15-4)16-8-17-14(12)18-10/h7-9,11,15H,5-6H2,1-4H3. The predicted octanol–water partition coefficient (Wildman–Crippen LogP) is 3.36. The fourth-order valence-electron chi connectivity index (χ4n) is 2.38. The third-order valence-electron chi connectivity index (χ3n) is 3.61. The zero-order chi connectivity index (χ0) is 13.1. The molecule has 4 heteroatoms. The van der Waals surface area contributed by atoms with Crippen molar-refractivity contribution in [3.8, 4) is 0 Å². The molecule has 0 radical (unpaired) electrons. The first-order valence-corrected chi connectivity index (χ1v) is 7.43. The van der Waals surface area contributed by atoms with Gasteiger partial charge in [-0.05, 0) is 32.9 Å². The summed E-state index contributed by atoms with van der Waals surface area (Å²) in [5.41, 5.74) is 1.19. The molecule has 0 aromatic carbocycles. The zero-order valence-electron chi connectivity index (χ0n) is 11.5. The molecule has 98 valence electrons. The molecule has 3 nitrogen and oxygen atoms in total. The molecule has 0 fully saturated rings. The molecule has 0 aliphatic rings. The molecule has 1 N–H and O–H groups in total. The van der Waals surface area contributed by atoms with Crippen LogP contribution in [-0.4, -0.2) is 23.1 Å². The van der Waals surface area contributed by atoms with Crippen LogP contribution in [0.2, 0.25) is 0 Å². The maximum atomic E-state index is 4.55. The van der Waals surface area contributed by atoms with Crippen LogP contribution in [-0.2, 0) is 6.42 Å². The maximum absolute atomic E-state index is 4.55. The first-order valence-electron chi connectivity index (χ1n) is 6.61. The van der Waals surface area contributed by atoms with E-state index in [4.69, 9.17) is 0 Å². The first-order chi connectivity index (χ1) is 8.71. The molecule has 0 amide bonds. The van der Waals surface area contributed by atoms with E-state index in [2.05, 4.69) is 42.1 Å². The molecule has 2 aromatic rings. The summed E-state index contributed by atoms with van der Waals surface area (Å²) in [4.78, 5) is 11.5. The minimum absolute atomic E-state index is 0.429. The van der Waals surface area contributed by atoms with Gasteiger partial charge in [0.05, 0.1) is 5.69 Å². The second-order valence-corrected chi connectivity index (χ2v) is 5.75. The van der Waals surface area contributed by atoms with Crippen LogP contribution in [0.1, 0.15) is 43.7 Å². The van der Waals surface area contributed by atoms with Gasteiger partial charge in [-0.25, -0.2) is 9.97 Å². The minimum atomic E-state index is 0.429. The van der Waals surface area contributed by atoms with Gasteiger partial charge in [0.1, 0.15) is 11.2 Å². The van der Waals surface area contributed by atoms with E-state index < -0.39 is 0 Å². The lowest BCUT2D eigenvalue weighted by Crippen LogP contribution is -2.29. The van der Waals surface area contributed by atoms with Crippen molar-refractivity contribution in [2.45, 2.75) is 45.6 Å². The minimum Gasteiger partial charge on any atom is -0.317 e. The molecule has 2 aromatic heterocycles. The molecule has 2 unspecified atom stereocenters. The average molecular weight is 263 g/mol. The Morgan fingerprint density at radius 2 is 2.11 bits per heavy atom. The largest absolute Gasteiger partial charge is 0.317 e. The summed E-state index contributed by atoms with van der Waals surface area (Å²) in [6.45, 7) is 6.63. The van der Waals surface area contributed by atoms with E-state index in [1.807, 2.05) is 7.05 Å². The van der Waals surface area contributed by atoms with Gasteiger partial charge in [0, 0.05) is 22.2 Å². The van der Waals surface area contributed by atoms with Crippen LogP contribution in [0, 0.1) is 0 Å². The maximum Gasteiger partial charge on any atom is 0.127 e. The number of fused-ring (bicyclic) bond motifs is 1. The van der Waals surface area contributed by atoms with E-state index in [0.29, 0.717) is 12.0 Å². The molecule has 2 rings (SSSR count). The second kappa shape index (κ2) is 5.76. The van der Waals surface area contributed by atoms with Gasteiger partial charge >= 0.3 is 0 Å². The average Bonchev–Trinajstić information content (AvgIpc) is 2.83. The van der Waals surface area contributed by atoms with E-state index in [0.717, 1.165) is 17.7 Å². The Labute approximate surface area is 113 Å². The Kier molecular flexibility index (Phi) is 4.30. The molecular weight excluding hydrogens is 242 g/mol. The van der Waals surface area contributed by atoms with Gasteiger partial charge < -0.3 is 5.32 Å². The molecule has 0 aliphatic heterocycles. The molecule has 0 bridgehead atoms. The number of hydrogen-bond acceptors (Lipinski definition) is 4. The normalized spacial score (nSPS) is 14.9. The van der Waals surface area contributed by atoms with Gasteiger partial charge in [0.15, 0.2) is 0 Å². The highest BCUT2D eigenvalue weighted by molar-refractivity contribution is 7.18. The SMILES string of the molecule is CCc1cc2c(C(CC)C(C)NC)ncnc2s1. The number of aromatic nitrogens is 2. The molecule has 2 heterocycles. The number of likely N-dealkylation sites (N-methyl/N-ethyl adjacent to an activating group) is 1. The van der Waals surface area contributed by atoms with Gasteiger partial charge in [0.25, 0.3) is 0 Å². The van der Waals surface area contributed by atoms with Crippen LogP contribution < -0.4 is 5.32 Å². The van der Waals surface area contributed by atoms with E-state index in [1.165, 1.54) is 16.0 Å². The summed E-state index contributed by atoms with van der Waals surface area (Å²) in [5, 5.41) is 4.59. The summed E-state index contributed by atoms with van der Waals surface area (Å²) < 4.78 is 0. The first kappa shape index (κ1) is 13.4. The van der Waals surface area contributed by atoms with Crippen molar-refractivity contribution in [2.24, 2.45) is 0 Å². The van der Waals surface area contributed by atoms with Crippen LogP contribution in [0.25, 0.3) is 10.2 Å². The molecule has 0 saturated heterocycles. The van der Waals surface area contributed by atoms with Crippen LogP contribution >= 0.6 is 11.3 Å². The molecule has 0 saturated carbocycles. The fourth-order valence-corrected chi connectivity index (χ4v) is 3.32. The number of nitrogens with zero attached hydrogens (tertiary/aromatic N) is 2. The van der Waals surface area contributed by atoms with Gasteiger partial charge in [-0.15, -0.1) is 11.3 Å². The summed E-state index contributed by atoms with van der Waals surface area (Å²) in [6, 6.07) is 2.69. The Hall–Kier alpha value is -1.00. The molecule has 0 spiro atoms. The predicted molar refractivity (Wildman–Crippen MR) is 78.3 cm³/mol. The Morgan fingerprint density at radius 3 is 2.72 bits per heavy atom. The highest BCUT2D eigenvalue weighted by Gasteiger charge is 2.21. The monoisotopic (exact) mass is 263 g/mol. The van der Waals surface area contributed by atoms with Gasteiger partial charge in [-0.1, -0.05) is 13.8 Å². The van der Waals surface area contributed by atoms with Crippen LogP contribution in [0.15, 0.2) is 12.4 Å². The quantitative estimate of drug-likeness (QED) is 0.899. The van der Waals surface area contributed by atoms with Crippen molar-refractivity contribution in [1.82, 2.24) is 15.3 Å².